The lowest BCUT2D eigenvalue weighted by molar-refractivity contribution is 0.474. The second kappa shape index (κ2) is 3.67. The molecule has 60 valence electrons. The van der Waals surface area contributed by atoms with Crippen LogP contribution in [-0.4, -0.2) is 11.4 Å². The molecule has 0 saturated carbocycles. The van der Waals surface area contributed by atoms with Gasteiger partial charge in [0.1, 0.15) is 5.75 Å². The molecule has 1 aromatic carbocycles. The smallest absolute Gasteiger partial charge is 0.115 e. The molecular formula is C9H12OS. The first-order chi connectivity index (χ1) is 5.27. The van der Waals surface area contributed by atoms with E-state index >= 15 is 0 Å². The fourth-order valence-electron chi connectivity index (χ4n) is 1.04. The maximum atomic E-state index is 9.15. The van der Waals surface area contributed by atoms with E-state index < -0.39 is 0 Å². The summed E-state index contributed by atoms with van der Waals surface area (Å²) < 4.78 is 0. The van der Waals surface area contributed by atoms with E-state index in [1.165, 1.54) is 10.5 Å². The van der Waals surface area contributed by atoms with Crippen molar-refractivity contribution in [3.63, 3.8) is 0 Å². The molecule has 0 spiro atoms. The van der Waals surface area contributed by atoms with Crippen LogP contribution in [0.25, 0.3) is 0 Å². The van der Waals surface area contributed by atoms with Crippen LogP contribution < -0.4 is 0 Å². The fourth-order valence-corrected chi connectivity index (χ4v) is 1.71. The predicted octanol–water partition coefficient (Wildman–Crippen LogP) is 2.68. The summed E-state index contributed by atoms with van der Waals surface area (Å²) in [6.07, 6.45) is 3.02. The largest absolute Gasteiger partial charge is 0.508 e. The van der Waals surface area contributed by atoms with E-state index in [1.54, 1.807) is 17.8 Å². The van der Waals surface area contributed by atoms with E-state index in [0.29, 0.717) is 5.75 Å². The van der Waals surface area contributed by atoms with Crippen molar-refractivity contribution in [1.29, 1.82) is 0 Å². The van der Waals surface area contributed by atoms with E-state index in [-0.39, 0.29) is 0 Å². The highest BCUT2D eigenvalue weighted by molar-refractivity contribution is 7.98. The summed E-state index contributed by atoms with van der Waals surface area (Å²) in [7, 11) is 0. The molecule has 0 aliphatic rings. The normalized spacial score (nSPS) is 10.0. The molecule has 11 heavy (non-hydrogen) atoms. The van der Waals surface area contributed by atoms with E-state index in [1.807, 2.05) is 18.4 Å². The number of phenols is 1. The summed E-state index contributed by atoms with van der Waals surface area (Å²) in [6, 6.07) is 5.51. The Morgan fingerprint density at radius 3 is 2.73 bits per heavy atom. The first-order valence-electron chi connectivity index (χ1n) is 3.63. The topological polar surface area (TPSA) is 20.2 Å². The Morgan fingerprint density at radius 1 is 1.45 bits per heavy atom. The van der Waals surface area contributed by atoms with Gasteiger partial charge in [-0.1, -0.05) is 6.92 Å². The highest BCUT2D eigenvalue weighted by Gasteiger charge is 1.99. The maximum Gasteiger partial charge on any atom is 0.115 e. The summed E-state index contributed by atoms with van der Waals surface area (Å²) in [5.41, 5.74) is 1.22. The third-order valence-corrected chi connectivity index (χ3v) is 2.48. The molecule has 1 nitrogen and oxygen atoms in total. The molecule has 0 aromatic heterocycles. The number of rotatable bonds is 2. The Hall–Kier alpha value is -0.630. The van der Waals surface area contributed by atoms with Crippen LogP contribution in [0, 0.1) is 0 Å². The van der Waals surface area contributed by atoms with Gasteiger partial charge in [0.25, 0.3) is 0 Å². The van der Waals surface area contributed by atoms with Crippen LogP contribution in [0.5, 0.6) is 5.75 Å². The molecular weight excluding hydrogens is 156 g/mol. The van der Waals surface area contributed by atoms with Crippen molar-refractivity contribution in [2.75, 3.05) is 6.26 Å². The SMILES string of the molecule is CCc1cc(O)ccc1SC. The summed E-state index contributed by atoms with van der Waals surface area (Å²) in [6.45, 7) is 2.09. The number of aryl methyl sites for hydroxylation is 1. The highest BCUT2D eigenvalue weighted by Crippen LogP contribution is 2.24. The molecule has 0 bridgehead atoms. The van der Waals surface area contributed by atoms with Gasteiger partial charge in [0.2, 0.25) is 0 Å². The van der Waals surface area contributed by atoms with Gasteiger partial charge in [-0.05, 0) is 36.4 Å². The molecule has 0 heterocycles. The van der Waals surface area contributed by atoms with Gasteiger partial charge in [-0.25, -0.2) is 0 Å². The zero-order chi connectivity index (χ0) is 8.27. The van der Waals surface area contributed by atoms with Gasteiger partial charge >= 0.3 is 0 Å². The summed E-state index contributed by atoms with van der Waals surface area (Å²) in [5, 5.41) is 9.15. The molecule has 0 radical (unpaired) electrons. The zero-order valence-electron chi connectivity index (χ0n) is 6.79. The third-order valence-electron chi connectivity index (χ3n) is 1.64. The van der Waals surface area contributed by atoms with Gasteiger partial charge in [0.15, 0.2) is 0 Å². The quantitative estimate of drug-likeness (QED) is 0.685. The monoisotopic (exact) mass is 168 g/mol. The molecule has 2 heteroatoms. The summed E-state index contributed by atoms with van der Waals surface area (Å²) >= 11 is 1.72. The number of phenolic OH excluding ortho intramolecular Hbond substituents is 1. The minimum atomic E-state index is 0.361. The third kappa shape index (κ3) is 1.90. The molecule has 0 fully saturated rings. The van der Waals surface area contributed by atoms with E-state index in [0.717, 1.165) is 6.42 Å². The molecule has 0 atom stereocenters. The number of hydrogen-bond donors (Lipinski definition) is 1. The minimum Gasteiger partial charge on any atom is -0.508 e. The van der Waals surface area contributed by atoms with Crippen LogP contribution in [0.2, 0.25) is 0 Å². The zero-order valence-corrected chi connectivity index (χ0v) is 7.61. The highest BCUT2D eigenvalue weighted by atomic mass is 32.2. The Kier molecular flexibility index (Phi) is 2.83. The number of thioether (sulfide) groups is 1. The van der Waals surface area contributed by atoms with Crippen molar-refractivity contribution in [1.82, 2.24) is 0 Å². The predicted molar refractivity (Wildman–Crippen MR) is 49.3 cm³/mol. The lowest BCUT2D eigenvalue weighted by Gasteiger charge is -2.04. The van der Waals surface area contributed by atoms with Crippen molar-refractivity contribution in [2.24, 2.45) is 0 Å². The van der Waals surface area contributed by atoms with Gasteiger partial charge < -0.3 is 5.11 Å². The molecule has 0 aliphatic carbocycles. The Balaban J connectivity index is 3.06. The van der Waals surface area contributed by atoms with Crippen LogP contribution in [0.1, 0.15) is 12.5 Å². The van der Waals surface area contributed by atoms with Crippen LogP contribution in [-0.2, 0) is 6.42 Å². The second-order valence-electron chi connectivity index (χ2n) is 2.35. The van der Waals surface area contributed by atoms with Crippen LogP contribution in [0.3, 0.4) is 0 Å². The van der Waals surface area contributed by atoms with E-state index in [4.69, 9.17) is 5.11 Å². The van der Waals surface area contributed by atoms with Crippen LogP contribution in [0.15, 0.2) is 23.1 Å². The van der Waals surface area contributed by atoms with Crippen molar-refractivity contribution in [2.45, 2.75) is 18.2 Å². The molecule has 0 unspecified atom stereocenters. The molecule has 0 amide bonds. The Labute approximate surface area is 71.4 Å². The molecule has 0 saturated heterocycles. The van der Waals surface area contributed by atoms with Crippen molar-refractivity contribution < 1.29 is 5.11 Å². The summed E-state index contributed by atoms with van der Waals surface area (Å²) in [5.74, 6) is 0.361. The molecule has 1 N–H and O–H groups in total. The molecule has 1 aromatic rings. The Bertz CT molecular complexity index is 245. The van der Waals surface area contributed by atoms with Crippen LogP contribution in [0.4, 0.5) is 0 Å². The fraction of sp³-hybridized carbons (Fsp3) is 0.333. The van der Waals surface area contributed by atoms with Crippen LogP contribution >= 0.6 is 11.8 Å². The number of hydrogen-bond acceptors (Lipinski definition) is 2. The van der Waals surface area contributed by atoms with Gasteiger partial charge in [0, 0.05) is 4.90 Å². The average molecular weight is 168 g/mol. The summed E-state index contributed by atoms with van der Waals surface area (Å²) in [4.78, 5) is 1.25. The second-order valence-corrected chi connectivity index (χ2v) is 3.20. The van der Waals surface area contributed by atoms with E-state index in [2.05, 4.69) is 6.92 Å². The van der Waals surface area contributed by atoms with Gasteiger partial charge in [-0.2, -0.15) is 0 Å². The lowest BCUT2D eigenvalue weighted by Crippen LogP contribution is -1.83. The van der Waals surface area contributed by atoms with Crippen molar-refractivity contribution in [3.8, 4) is 5.75 Å². The first kappa shape index (κ1) is 8.47. The molecule has 0 aliphatic heterocycles. The van der Waals surface area contributed by atoms with Gasteiger partial charge in [-0.15, -0.1) is 11.8 Å². The standard InChI is InChI=1S/C9H12OS/c1-3-7-6-8(10)4-5-9(7)11-2/h4-6,10H,3H2,1-2H3. The van der Waals surface area contributed by atoms with E-state index in [9.17, 15) is 0 Å². The average Bonchev–Trinajstić information content (AvgIpc) is 2.04. The number of aromatic hydroxyl groups is 1. The minimum absolute atomic E-state index is 0.361. The maximum absolute atomic E-state index is 9.15. The molecule has 1 rings (SSSR count). The van der Waals surface area contributed by atoms with Crippen molar-refractivity contribution >= 4 is 11.8 Å². The number of benzene rings is 1. The first-order valence-corrected chi connectivity index (χ1v) is 4.86. The van der Waals surface area contributed by atoms with Gasteiger partial charge in [0.05, 0.1) is 0 Å². The van der Waals surface area contributed by atoms with Gasteiger partial charge in [-0.3, -0.25) is 0 Å². The Morgan fingerprint density at radius 2 is 2.18 bits per heavy atom. The lowest BCUT2D eigenvalue weighted by atomic mass is 10.2. The van der Waals surface area contributed by atoms with Crippen molar-refractivity contribution in [3.05, 3.63) is 23.8 Å².